The normalized spacial score (nSPS) is 14.3. The van der Waals surface area contributed by atoms with Crippen LogP contribution in [0.3, 0.4) is 0 Å². The first-order valence-corrected chi connectivity index (χ1v) is 11.4. The van der Waals surface area contributed by atoms with Crippen molar-refractivity contribution in [3.63, 3.8) is 0 Å². The van der Waals surface area contributed by atoms with Crippen LogP contribution < -0.4 is 5.73 Å². The van der Waals surface area contributed by atoms with E-state index in [1.165, 1.54) is 0 Å². The van der Waals surface area contributed by atoms with E-state index >= 15 is 0 Å². The van der Waals surface area contributed by atoms with Crippen molar-refractivity contribution >= 4 is 13.8 Å². The number of hydrogen-bond acceptors (Lipinski definition) is 5. The van der Waals surface area contributed by atoms with Crippen LogP contribution in [0.2, 0.25) is 0 Å². The van der Waals surface area contributed by atoms with E-state index < -0.39 is 13.8 Å². The highest BCUT2D eigenvalue weighted by atomic mass is 31.2. The molecule has 0 aliphatic carbocycles. The third kappa shape index (κ3) is 19.4. The van der Waals surface area contributed by atoms with E-state index in [1.54, 1.807) is 0 Å². The summed E-state index contributed by atoms with van der Waals surface area (Å²) in [5, 5.41) is 0. The summed E-state index contributed by atoms with van der Waals surface area (Å²) in [4.78, 5) is 20.7. The maximum absolute atomic E-state index is 11.5. The van der Waals surface area contributed by atoms with Gasteiger partial charge in [0.05, 0.1) is 6.61 Å². The van der Waals surface area contributed by atoms with Gasteiger partial charge in [-0.1, -0.05) is 62.6 Å². The van der Waals surface area contributed by atoms with Gasteiger partial charge in [-0.15, -0.1) is 0 Å². The van der Waals surface area contributed by atoms with Crippen molar-refractivity contribution in [2.45, 2.75) is 71.1 Å². The highest BCUT2D eigenvalue weighted by Gasteiger charge is 2.25. The van der Waals surface area contributed by atoms with Crippen LogP contribution in [0, 0.1) is 0 Å². The number of phosphoric acid groups is 1. The summed E-state index contributed by atoms with van der Waals surface area (Å²) in [5.41, 5.74) is 5.16. The van der Waals surface area contributed by atoms with E-state index in [2.05, 4.69) is 52.4 Å². The molecule has 0 aromatic heterocycles. The molecule has 0 rings (SSSR count). The lowest BCUT2D eigenvalue weighted by molar-refractivity contribution is -0.136. The first-order chi connectivity index (χ1) is 13.0. The molecule has 0 heterocycles. The minimum atomic E-state index is -4.30. The van der Waals surface area contributed by atoms with Crippen LogP contribution in [0.4, 0.5) is 0 Å². The Morgan fingerprint density at radius 1 is 0.963 bits per heavy atom. The number of hydrogen-bond donors (Lipinski definition) is 2. The standard InChI is InChI=1S/C20H36NO5P/c1-2-3-4-5-6-7-8-9-10-11-12-13-14-15-16-17-20(22)26-27(23,24)25-19-18-21/h3-4,6-7,9-10H,2,5,8,11-19,21H2,1H3,(H,23,24). The van der Waals surface area contributed by atoms with Gasteiger partial charge in [0.25, 0.3) is 0 Å². The molecule has 0 aliphatic heterocycles. The molecule has 0 saturated heterocycles. The van der Waals surface area contributed by atoms with Crippen LogP contribution in [0.25, 0.3) is 0 Å². The summed E-state index contributed by atoms with van der Waals surface area (Å²) >= 11 is 0. The fourth-order valence-corrected chi connectivity index (χ4v) is 2.99. The third-order valence-corrected chi connectivity index (χ3v) is 4.56. The number of rotatable bonds is 17. The van der Waals surface area contributed by atoms with Crippen molar-refractivity contribution in [2.75, 3.05) is 13.2 Å². The molecular weight excluding hydrogens is 365 g/mol. The number of carbonyl (C=O) groups excluding carboxylic acids is 1. The molecule has 0 aromatic carbocycles. The second-order valence-electron chi connectivity index (χ2n) is 6.15. The smallest absolute Gasteiger partial charge is 0.371 e. The Kier molecular flexibility index (Phi) is 17.4. The Labute approximate surface area is 164 Å². The topological polar surface area (TPSA) is 98.9 Å². The van der Waals surface area contributed by atoms with E-state index in [0.717, 1.165) is 51.4 Å². The third-order valence-electron chi connectivity index (χ3n) is 3.62. The number of nitrogens with two attached hydrogens (primary N) is 1. The van der Waals surface area contributed by atoms with Gasteiger partial charge in [-0.2, -0.15) is 0 Å². The minimum Gasteiger partial charge on any atom is -0.371 e. The monoisotopic (exact) mass is 401 g/mol. The summed E-state index contributed by atoms with van der Waals surface area (Å²) in [7, 11) is -4.30. The van der Waals surface area contributed by atoms with Crippen molar-refractivity contribution in [3.8, 4) is 0 Å². The summed E-state index contributed by atoms with van der Waals surface area (Å²) in [6, 6.07) is 0. The molecular formula is C20H36NO5P. The van der Waals surface area contributed by atoms with E-state index in [9.17, 15) is 14.3 Å². The first kappa shape index (κ1) is 25.8. The highest BCUT2D eigenvalue weighted by molar-refractivity contribution is 7.48. The molecule has 0 bridgehead atoms. The molecule has 27 heavy (non-hydrogen) atoms. The first-order valence-electron chi connectivity index (χ1n) is 9.86. The van der Waals surface area contributed by atoms with Crippen molar-refractivity contribution in [1.29, 1.82) is 0 Å². The zero-order valence-corrected chi connectivity index (χ0v) is 17.4. The molecule has 0 radical (unpaired) electrons. The maximum Gasteiger partial charge on any atom is 0.529 e. The Morgan fingerprint density at radius 3 is 2.22 bits per heavy atom. The SMILES string of the molecule is CCC=CCC=CCC=CCCCCCCCC(=O)OP(=O)(O)OCCN. The summed E-state index contributed by atoms with van der Waals surface area (Å²) in [6.07, 6.45) is 22.2. The van der Waals surface area contributed by atoms with Gasteiger partial charge in [-0.3, -0.25) is 14.2 Å². The van der Waals surface area contributed by atoms with Crippen molar-refractivity contribution < 1.29 is 23.3 Å². The van der Waals surface area contributed by atoms with Gasteiger partial charge in [0.15, 0.2) is 0 Å². The van der Waals surface area contributed by atoms with Crippen molar-refractivity contribution in [2.24, 2.45) is 5.73 Å². The van der Waals surface area contributed by atoms with Crippen LogP contribution in [-0.2, 0) is 18.4 Å². The zero-order chi connectivity index (χ0) is 20.2. The van der Waals surface area contributed by atoms with Gasteiger partial charge in [-0.25, -0.2) is 4.57 Å². The molecule has 7 heteroatoms. The quantitative estimate of drug-likeness (QED) is 0.198. The van der Waals surface area contributed by atoms with Crippen LogP contribution in [0.5, 0.6) is 0 Å². The van der Waals surface area contributed by atoms with Crippen LogP contribution in [0.15, 0.2) is 36.5 Å². The number of unbranched alkanes of at least 4 members (excludes halogenated alkanes) is 5. The number of allylic oxidation sites excluding steroid dienone is 6. The van der Waals surface area contributed by atoms with Gasteiger partial charge in [-0.05, 0) is 38.5 Å². The largest absolute Gasteiger partial charge is 0.529 e. The average Bonchev–Trinajstić information content (AvgIpc) is 2.63. The fourth-order valence-electron chi connectivity index (χ4n) is 2.26. The van der Waals surface area contributed by atoms with Crippen molar-refractivity contribution in [3.05, 3.63) is 36.5 Å². The lowest BCUT2D eigenvalue weighted by Gasteiger charge is -2.10. The highest BCUT2D eigenvalue weighted by Crippen LogP contribution is 2.43. The predicted molar refractivity (Wildman–Crippen MR) is 110 cm³/mol. The van der Waals surface area contributed by atoms with E-state index in [0.29, 0.717) is 6.42 Å². The minimum absolute atomic E-state index is 0.0879. The molecule has 0 aliphatic rings. The molecule has 3 N–H and O–H groups in total. The zero-order valence-electron chi connectivity index (χ0n) is 16.6. The van der Waals surface area contributed by atoms with Crippen molar-refractivity contribution in [1.82, 2.24) is 0 Å². The van der Waals surface area contributed by atoms with E-state index in [1.807, 2.05) is 0 Å². The number of phosphoric ester groups is 1. The molecule has 1 atom stereocenters. The molecule has 0 saturated carbocycles. The maximum atomic E-state index is 11.5. The van der Waals surface area contributed by atoms with Gasteiger partial charge in [0.2, 0.25) is 0 Å². The van der Waals surface area contributed by atoms with Crippen LogP contribution in [0.1, 0.15) is 71.1 Å². The predicted octanol–water partition coefficient (Wildman–Crippen LogP) is 5.19. The summed E-state index contributed by atoms with van der Waals surface area (Å²) in [6.45, 7) is 2.10. The summed E-state index contributed by atoms with van der Waals surface area (Å²) < 4.78 is 20.3. The molecule has 0 amide bonds. The van der Waals surface area contributed by atoms with Gasteiger partial charge < -0.3 is 10.3 Å². The van der Waals surface area contributed by atoms with E-state index in [4.69, 9.17) is 5.73 Å². The van der Waals surface area contributed by atoms with E-state index in [-0.39, 0.29) is 19.6 Å². The Morgan fingerprint density at radius 2 is 1.56 bits per heavy atom. The Bertz CT molecular complexity index is 503. The molecule has 0 fully saturated rings. The lowest BCUT2D eigenvalue weighted by atomic mass is 10.1. The van der Waals surface area contributed by atoms with Gasteiger partial charge in [0.1, 0.15) is 0 Å². The van der Waals surface area contributed by atoms with Crippen LogP contribution >= 0.6 is 7.82 Å². The molecule has 156 valence electrons. The number of carbonyl (C=O) groups is 1. The van der Waals surface area contributed by atoms with Gasteiger partial charge in [0, 0.05) is 13.0 Å². The van der Waals surface area contributed by atoms with Gasteiger partial charge >= 0.3 is 13.8 Å². The Balaban J connectivity index is 3.51. The fraction of sp³-hybridized carbons (Fsp3) is 0.650. The summed E-state index contributed by atoms with van der Waals surface area (Å²) in [5.74, 6) is -0.709. The second-order valence-corrected chi connectivity index (χ2v) is 7.53. The molecule has 1 unspecified atom stereocenters. The molecule has 6 nitrogen and oxygen atoms in total. The Hall–Kier alpha value is -1.20. The average molecular weight is 401 g/mol. The molecule has 0 aromatic rings. The molecule has 0 spiro atoms. The van der Waals surface area contributed by atoms with Crippen LogP contribution in [-0.4, -0.2) is 24.0 Å². The second kappa shape index (κ2) is 18.2. The lowest BCUT2D eigenvalue weighted by Crippen LogP contribution is -2.10.